The number of esters is 1. The molecule has 5 fully saturated rings. The summed E-state index contributed by atoms with van der Waals surface area (Å²) in [6, 6.07) is 8.07. The number of carbonyl (C=O) groups is 3. The first kappa shape index (κ1) is 39.1. The summed E-state index contributed by atoms with van der Waals surface area (Å²) in [4.78, 5) is 39.4. The smallest absolute Gasteiger partial charge is 0.309 e. The van der Waals surface area contributed by atoms with Gasteiger partial charge in [-0.2, -0.15) is 0 Å². The molecule has 53 heavy (non-hydrogen) atoms. The second-order valence-electron chi connectivity index (χ2n) is 20.8. The van der Waals surface area contributed by atoms with Crippen molar-refractivity contribution >= 4 is 29.3 Å². The number of carboxylic acid groups (broad SMARTS) is 1. The Morgan fingerprint density at radius 2 is 1.64 bits per heavy atom. The maximum Gasteiger partial charge on any atom is 0.309 e. The van der Waals surface area contributed by atoms with Crippen LogP contribution in [0.1, 0.15) is 139 Å². The predicted octanol–water partition coefficient (Wildman–Crippen LogP) is 10.5. The fourth-order valence-electron chi connectivity index (χ4n) is 14.4. The third-order valence-corrected chi connectivity index (χ3v) is 17.9. The first-order valence-corrected chi connectivity index (χ1v) is 21.3. The lowest BCUT2D eigenvalue weighted by atomic mass is 9.33. The zero-order valence-electron chi connectivity index (χ0n) is 34.0. The van der Waals surface area contributed by atoms with E-state index in [0.717, 1.165) is 68.6 Å². The van der Waals surface area contributed by atoms with Crippen LogP contribution in [0.2, 0.25) is 5.02 Å². The average Bonchev–Trinajstić information content (AvgIpc) is 3.36. The van der Waals surface area contributed by atoms with Crippen molar-refractivity contribution in [2.45, 2.75) is 146 Å². The maximum absolute atomic E-state index is 14.0. The molecule has 6 aliphatic rings. The van der Waals surface area contributed by atoms with E-state index in [1.54, 1.807) is 5.57 Å². The molecule has 1 aromatic carbocycles. The van der Waals surface area contributed by atoms with Crippen molar-refractivity contribution in [1.29, 1.82) is 0 Å². The molecule has 0 heterocycles. The Bertz CT molecular complexity index is 1700. The average molecular weight is 748 g/mol. The predicted molar refractivity (Wildman–Crippen MR) is 210 cm³/mol. The molecule has 6 aliphatic carbocycles. The fourth-order valence-corrected chi connectivity index (χ4v) is 14.6. The number of nitrogens with one attached hydrogen (secondary N) is 1. The van der Waals surface area contributed by atoms with Gasteiger partial charge in [0.25, 0.3) is 0 Å². The highest BCUT2D eigenvalue weighted by molar-refractivity contribution is 6.30. The van der Waals surface area contributed by atoms with Crippen LogP contribution in [0.4, 0.5) is 0 Å². The number of rotatable bonds is 9. The van der Waals surface area contributed by atoms with Gasteiger partial charge >= 0.3 is 11.9 Å². The molecule has 6 nitrogen and oxygen atoms in total. The summed E-state index contributed by atoms with van der Waals surface area (Å²) in [5.74, 6) is 0.202. The van der Waals surface area contributed by atoms with E-state index in [-0.39, 0.29) is 51.0 Å². The number of fused-ring (bicyclic) bond motifs is 7. The summed E-state index contributed by atoms with van der Waals surface area (Å²) in [6.07, 6.45) is 10.7. The Hall–Kier alpha value is -2.18. The van der Waals surface area contributed by atoms with Gasteiger partial charge in [0, 0.05) is 28.8 Å². The molecule has 1 aromatic rings. The molecular formula is C46H66ClNO5. The van der Waals surface area contributed by atoms with Crippen molar-refractivity contribution in [2.24, 2.45) is 68.0 Å². The number of ketones is 1. The molecular weight excluding hydrogens is 682 g/mol. The van der Waals surface area contributed by atoms with Crippen molar-refractivity contribution < 1.29 is 24.2 Å². The molecule has 292 valence electrons. The summed E-state index contributed by atoms with van der Waals surface area (Å²) in [7, 11) is 0. The Labute approximate surface area is 324 Å². The molecule has 0 radical (unpaired) electrons. The molecule has 0 aliphatic heterocycles. The summed E-state index contributed by atoms with van der Waals surface area (Å²) in [6.45, 7) is 22.5. The van der Waals surface area contributed by atoms with Crippen molar-refractivity contribution in [3.8, 4) is 0 Å². The van der Waals surface area contributed by atoms with E-state index in [1.165, 1.54) is 18.4 Å². The number of aliphatic carboxylic acids is 1. The zero-order chi connectivity index (χ0) is 38.5. The normalized spacial score (nSPS) is 41.2. The quantitative estimate of drug-likeness (QED) is 0.193. The third-order valence-electron chi connectivity index (χ3n) is 17.6. The van der Waals surface area contributed by atoms with E-state index in [1.807, 2.05) is 32.0 Å². The van der Waals surface area contributed by atoms with Crippen LogP contribution >= 0.6 is 11.6 Å². The maximum atomic E-state index is 14.0. The summed E-state index contributed by atoms with van der Waals surface area (Å²) >= 11 is 6.27. The molecule has 0 unspecified atom stereocenters. The Balaban J connectivity index is 1.11. The Morgan fingerprint density at radius 3 is 2.30 bits per heavy atom. The lowest BCUT2D eigenvalue weighted by Crippen LogP contribution is -2.66. The molecule has 5 saturated carbocycles. The summed E-state index contributed by atoms with van der Waals surface area (Å²) < 4.78 is 6.43. The van der Waals surface area contributed by atoms with Gasteiger partial charge in [0.15, 0.2) is 5.78 Å². The highest BCUT2D eigenvalue weighted by Crippen LogP contribution is 2.77. The van der Waals surface area contributed by atoms with Gasteiger partial charge in [0.05, 0.1) is 11.8 Å². The van der Waals surface area contributed by atoms with Crippen LogP contribution in [0.5, 0.6) is 0 Å². The number of ether oxygens (including phenoxy) is 1. The Kier molecular flexibility index (Phi) is 9.74. The molecule has 2 N–H and O–H groups in total. The van der Waals surface area contributed by atoms with Crippen LogP contribution in [-0.2, 0) is 25.7 Å². The van der Waals surface area contributed by atoms with Crippen molar-refractivity contribution in [1.82, 2.24) is 5.32 Å². The highest BCUT2D eigenvalue weighted by Gasteiger charge is 2.70. The van der Waals surface area contributed by atoms with E-state index >= 15 is 0 Å². The van der Waals surface area contributed by atoms with Gasteiger partial charge in [-0.1, -0.05) is 91.6 Å². The first-order chi connectivity index (χ1) is 24.7. The minimum Gasteiger partial charge on any atom is -0.481 e. The molecule has 0 saturated heterocycles. The number of hydrogen-bond acceptors (Lipinski definition) is 5. The molecule has 0 spiro atoms. The van der Waals surface area contributed by atoms with Crippen LogP contribution < -0.4 is 5.32 Å². The lowest BCUT2D eigenvalue weighted by Gasteiger charge is -2.72. The van der Waals surface area contributed by atoms with E-state index in [0.29, 0.717) is 36.4 Å². The second kappa shape index (κ2) is 13.2. The minimum atomic E-state index is -0.816. The van der Waals surface area contributed by atoms with E-state index in [4.69, 9.17) is 16.3 Å². The topological polar surface area (TPSA) is 92.7 Å². The van der Waals surface area contributed by atoms with E-state index in [2.05, 4.69) is 59.8 Å². The number of benzene rings is 1. The minimum absolute atomic E-state index is 0.0457. The van der Waals surface area contributed by atoms with Crippen molar-refractivity contribution in [3.63, 3.8) is 0 Å². The van der Waals surface area contributed by atoms with Crippen molar-refractivity contribution in [3.05, 3.63) is 46.0 Å². The van der Waals surface area contributed by atoms with Crippen LogP contribution in [0.3, 0.4) is 0 Å². The first-order valence-electron chi connectivity index (χ1n) is 20.9. The van der Waals surface area contributed by atoms with Crippen LogP contribution in [0.15, 0.2) is 35.4 Å². The van der Waals surface area contributed by atoms with Gasteiger partial charge in [0.1, 0.15) is 6.10 Å². The van der Waals surface area contributed by atoms with Crippen LogP contribution in [0.25, 0.3) is 0 Å². The van der Waals surface area contributed by atoms with Crippen molar-refractivity contribution in [2.75, 3.05) is 6.54 Å². The number of allylic oxidation sites excluding steroid dienone is 2. The number of hydrogen-bond donors (Lipinski definition) is 2. The number of Topliss-reactive ketones (excluding diaryl/α,β-unsaturated/α-hetero) is 1. The molecule has 0 amide bonds. The SMILES string of the molecule is CC(C)C1=C2[C@H]3CC[C@@H]4[C@@]5(C)CC[C@H](OC(=O)[C@H]6C[C@@H](C(=O)O)C6(C)C)C(C)(C)[C@@H]5CC[C@@]4(C)[C@]3(C)CC[C@@]2(CCNCc2cccc(Cl)c2)CC1=O. The fraction of sp³-hybridized carbons (Fsp3) is 0.761. The van der Waals surface area contributed by atoms with Gasteiger partial charge in [-0.3, -0.25) is 14.4 Å². The molecule has 0 aromatic heterocycles. The molecule has 7 heteroatoms. The van der Waals surface area contributed by atoms with E-state index < -0.39 is 17.3 Å². The zero-order valence-corrected chi connectivity index (χ0v) is 34.8. The van der Waals surface area contributed by atoms with Gasteiger partial charge in [-0.05, 0) is 139 Å². The Morgan fingerprint density at radius 1 is 0.906 bits per heavy atom. The van der Waals surface area contributed by atoms with Crippen LogP contribution in [-0.4, -0.2) is 35.5 Å². The number of halogens is 1. The molecule has 10 atom stereocenters. The largest absolute Gasteiger partial charge is 0.481 e. The van der Waals surface area contributed by atoms with Gasteiger partial charge in [-0.25, -0.2) is 0 Å². The van der Waals surface area contributed by atoms with Gasteiger partial charge in [0.2, 0.25) is 0 Å². The van der Waals surface area contributed by atoms with Gasteiger partial charge < -0.3 is 15.2 Å². The number of carboxylic acids is 1. The van der Waals surface area contributed by atoms with Gasteiger partial charge in [-0.15, -0.1) is 0 Å². The van der Waals surface area contributed by atoms with E-state index in [9.17, 15) is 19.5 Å². The highest BCUT2D eigenvalue weighted by atomic mass is 35.5. The lowest BCUT2D eigenvalue weighted by molar-refractivity contribution is -0.236. The summed E-state index contributed by atoms with van der Waals surface area (Å²) in [5, 5.41) is 14.1. The monoisotopic (exact) mass is 747 g/mol. The van der Waals surface area contributed by atoms with Crippen LogP contribution in [0, 0.1) is 68.0 Å². The standard InChI is InChI=1S/C46H66ClNO5/c1-27(2)37-33(49)25-46(21-22-48-26-28-11-10-12-29(47)23-28)20-19-44(8)30(38(37)46)13-14-35-43(7)17-16-36(42(5,6)34(43)15-18-45(35,44)9)53-40(52)32-24-31(39(50)51)41(32,3)4/h10-12,23,27,30-32,34-36,48H,13-22,24-26H2,1-9H3,(H,50,51)/t30-,31+,32-,34+,35-,36+,43+,44-,45-,46-/m1/s1. The molecule has 0 bridgehead atoms. The second-order valence-corrected chi connectivity index (χ2v) is 21.3. The molecule has 7 rings (SSSR count). The number of carbonyl (C=O) groups excluding carboxylic acids is 2. The summed E-state index contributed by atoms with van der Waals surface area (Å²) in [5.41, 5.74) is 3.49. The third kappa shape index (κ3) is 5.83.